The molecule has 0 bridgehead atoms. The van der Waals surface area contributed by atoms with Gasteiger partial charge in [-0.25, -0.2) is 9.97 Å². The van der Waals surface area contributed by atoms with E-state index in [1.807, 2.05) is 35.2 Å². The first-order valence-corrected chi connectivity index (χ1v) is 18.9. The zero-order chi connectivity index (χ0) is 33.5. The fourth-order valence-corrected chi connectivity index (χ4v) is 10.8. The van der Waals surface area contributed by atoms with Crippen LogP contribution in [0.4, 0.5) is 0 Å². The molecule has 2 nitrogen and oxygen atoms in total. The summed E-state index contributed by atoms with van der Waals surface area (Å²) in [6.45, 7) is 0. The third-order valence-corrected chi connectivity index (χ3v) is 12.8. The first-order chi connectivity index (χ1) is 25.3. The fourth-order valence-electron chi connectivity index (χ4n) is 8.44. The Labute approximate surface area is 304 Å². The van der Waals surface area contributed by atoms with E-state index < -0.39 is 5.41 Å². The van der Waals surface area contributed by atoms with Crippen LogP contribution in [0.1, 0.15) is 22.3 Å². The van der Waals surface area contributed by atoms with Gasteiger partial charge in [0.05, 0.1) is 16.8 Å². The van der Waals surface area contributed by atoms with Gasteiger partial charge in [-0.3, -0.25) is 0 Å². The van der Waals surface area contributed by atoms with Crippen LogP contribution in [0.15, 0.2) is 180 Å². The van der Waals surface area contributed by atoms with Crippen molar-refractivity contribution in [3.05, 3.63) is 192 Å². The van der Waals surface area contributed by atoms with Crippen molar-refractivity contribution < 1.29 is 0 Å². The molecule has 0 atom stereocenters. The number of rotatable bonds is 3. The monoisotopic (exact) mass is 684 g/mol. The topological polar surface area (TPSA) is 25.8 Å². The summed E-state index contributed by atoms with van der Waals surface area (Å²) in [5, 5.41) is 2.46. The molecule has 7 aromatic carbocycles. The standard InChI is InChI=1S/C47H28N2S2/c1-3-14-29(15-4-1)39-28-40(30-16-5-2-6-17-30)49-46(48-39)32-19-13-25-43-45(32)34-26-33-31-18-7-8-20-35(31)47(38(33)27-44(34)51-43)36-21-9-11-23-41(36)50-42-24-12-10-22-37(42)47/h1-28H. The second-order valence-electron chi connectivity index (χ2n) is 13.3. The normalized spacial score (nSPS) is 13.6. The number of hydrogen-bond donors (Lipinski definition) is 0. The molecule has 1 spiro atoms. The van der Waals surface area contributed by atoms with Crippen molar-refractivity contribution >= 4 is 43.3 Å². The first kappa shape index (κ1) is 29.0. The molecular formula is C47H28N2S2. The summed E-state index contributed by atoms with van der Waals surface area (Å²) in [7, 11) is 0. The van der Waals surface area contributed by atoms with Crippen molar-refractivity contribution in [1.82, 2.24) is 9.97 Å². The Hall–Kier alpha value is -5.81. The average Bonchev–Trinajstić information content (AvgIpc) is 3.71. The summed E-state index contributed by atoms with van der Waals surface area (Å²) < 4.78 is 2.52. The molecule has 0 fully saturated rings. The molecule has 0 amide bonds. The molecule has 1 aliphatic carbocycles. The van der Waals surface area contributed by atoms with E-state index in [0.29, 0.717) is 0 Å². The molecule has 0 saturated heterocycles. The molecule has 3 heterocycles. The highest BCUT2D eigenvalue weighted by molar-refractivity contribution is 7.99. The van der Waals surface area contributed by atoms with Crippen LogP contribution in [0.2, 0.25) is 0 Å². The van der Waals surface area contributed by atoms with Gasteiger partial charge in [-0.1, -0.05) is 145 Å². The molecule has 238 valence electrons. The summed E-state index contributed by atoms with van der Waals surface area (Å²) in [6, 6.07) is 61.6. The smallest absolute Gasteiger partial charge is 0.161 e. The van der Waals surface area contributed by atoms with E-state index in [4.69, 9.17) is 9.97 Å². The van der Waals surface area contributed by atoms with E-state index in [0.717, 1.165) is 33.9 Å². The lowest BCUT2D eigenvalue weighted by atomic mass is 9.67. The zero-order valence-corrected chi connectivity index (χ0v) is 29.0. The van der Waals surface area contributed by atoms with Crippen molar-refractivity contribution in [2.75, 3.05) is 0 Å². The van der Waals surface area contributed by atoms with Crippen LogP contribution in [0.3, 0.4) is 0 Å². The summed E-state index contributed by atoms with van der Waals surface area (Å²) in [5.74, 6) is 0.741. The van der Waals surface area contributed by atoms with Gasteiger partial charge < -0.3 is 0 Å². The number of nitrogens with zero attached hydrogens (tertiary/aromatic N) is 2. The van der Waals surface area contributed by atoms with Crippen molar-refractivity contribution in [2.45, 2.75) is 15.2 Å². The van der Waals surface area contributed by atoms with Crippen molar-refractivity contribution in [3.63, 3.8) is 0 Å². The van der Waals surface area contributed by atoms with Gasteiger partial charge in [0.2, 0.25) is 0 Å². The van der Waals surface area contributed by atoms with Crippen molar-refractivity contribution in [2.24, 2.45) is 0 Å². The predicted molar refractivity (Wildman–Crippen MR) is 213 cm³/mol. The zero-order valence-electron chi connectivity index (χ0n) is 27.4. The highest BCUT2D eigenvalue weighted by Crippen LogP contribution is 2.63. The maximum atomic E-state index is 5.25. The molecule has 0 unspecified atom stereocenters. The van der Waals surface area contributed by atoms with Crippen LogP contribution in [-0.2, 0) is 5.41 Å². The first-order valence-electron chi connectivity index (χ1n) is 17.2. The molecule has 11 rings (SSSR count). The fraction of sp³-hybridized carbons (Fsp3) is 0.0213. The SMILES string of the molecule is c1ccc(-c2cc(-c3ccccc3)nc(-c3cccc4sc5cc6c(cc5c34)-c3ccccc3C63c4ccccc4Sc4ccccc43)n2)cc1. The molecule has 1 aliphatic heterocycles. The van der Waals surface area contributed by atoms with Crippen LogP contribution in [-0.4, -0.2) is 9.97 Å². The largest absolute Gasteiger partial charge is 0.228 e. The quantitative estimate of drug-likeness (QED) is 0.185. The molecule has 2 aromatic heterocycles. The maximum Gasteiger partial charge on any atom is 0.161 e. The van der Waals surface area contributed by atoms with Crippen molar-refractivity contribution in [3.8, 4) is 45.0 Å². The van der Waals surface area contributed by atoms with Gasteiger partial charge in [-0.05, 0) is 69.8 Å². The molecular weight excluding hydrogens is 657 g/mol. The van der Waals surface area contributed by atoms with Gasteiger partial charge >= 0.3 is 0 Å². The van der Waals surface area contributed by atoms with Gasteiger partial charge in [-0.2, -0.15) is 0 Å². The number of thiophene rings is 1. The minimum absolute atomic E-state index is 0.394. The lowest BCUT2D eigenvalue weighted by Crippen LogP contribution is -2.31. The maximum absolute atomic E-state index is 5.25. The summed E-state index contributed by atoms with van der Waals surface area (Å²) >= 11 is 3.75. The highest BCUT2D eigenvalue weighted by atomic mass is 32.2. The molecule has 51 heavy (non-hydrogen) atoms. The minimum Gasteiger partial charge on any atom is -0.228 e. The van der Waals surface area contributed by atoms with Crippen LogP contribution in [0, 0.1) is 0 Å². The Morgan fingerprint density at radius 2 is 0.980 bits per heavy atom. The Morgan fingerprint density at radius 1 is 0.412 bits per heavy atom. The van der Waals surface area contributed by atoms with Gasteiger partial charge in [-0.15, -0.1) is 11.3 Å². The minimum atomic E-state index is -0.394. The molecule has 2 aliphatic rings. The molecule has 9 aromatic rings. The van der Waals surface area contributed by atoms with E-state index in [9.17, 15) is 0 Å². The predicted octanol–water partition coefficient (Wildman–Crippen LogP) is 12.7. The van der Waals surface area contributed by atoms with E-state index in [1.165, 1.54) is 63.3 Å². The number of benzene rings is 7. The van der Waals surface area contributed by atoms with E-state index >= 15 is 0 Å². The van der Waals surface area contributed by atoms with E-state index in [-0.39, 0.29) is 0 Å². The van der Waals surface area contributed by atoms with Crippen LogP contribution >= 0.6 is 23.1 Å². The summed E-state index contributed by atoms with van der Waals surface area (Å²) in [4.78, 5) is 13.2. The van der Waals surface area contributed by atoms with Gasteiger partial charge in [0, 0.05) is 46.7 Å². The van der Waals surface area contributed by atoms with Crippen LogP contribution in [0.5, 0.6) is 0 Å². The second kappa shape index (κ2) is 11.1. The van der Waals surface area contributed by atoms with Crippen molar-refractivity contribution in [1.29, 1.82) is 0 Å². The molecule has 4 heteroatoms. The Bertz CT molecular complexity index is 2730. The van der Waals surface area contributed by atoms with E-state index in [2.05, 4.69) is 158 Å². The lowest BCUT2D eigenvalue weighted by molar-refractivity contribution is 0.723. The summed E-state index contributed by atoms with van der Waals surface area (Å²) in [5.41, 5.74) is 12.7. The molecule has 0 radical (unpaired) electrons. The average molecular weight is 685 g/mol. The number of fused-ring (bicyclic) bond motifs is 12. The Balaban J connectivity index is 1.20. The molecule has 0 saturated carbocycles. The highest BCUT2D eigenvalue weighted by Gasteiger charge is 2.50. The second-order valence-corrected chi connectivity index (χ2v) is 15.4. The molecule has 0 N–H and O–H groups in total. The Morgan fingerprint density at radius 3 is 1.65 bits per heavy atom. The third-order valence-electron chi connectivity index (χ3n) is 10.6. The van der Waals surface area contributed by atoms with Crippen LogP contribution in [0.25, 0.3) is 65.2 Å². The number of hydrogen-bond acceptors (Lipinski definition) is 4. The van der Waals surface area contributed by atoms with Crippen LogP contribution < -0.4 is 0 Å². The van der Waals surface area contributed by atoms with Gasteiger partial charge in [0.1, 0.15) is 0 Å². The van der Waals surface area contributed by atoms with E-state index in [1.54, 1.807) is 0 Å². The summed E-state index contributed by atoms with van der Waals surface area (Å²) in [6.07, 6.45) is 0. The third kappa shape index (κ3) is 4.18. The van der Waals surface area contributed by atoms with Gasteiger partial charge in [0.25, 0.3) is 0 Å². The van der Waals surface area contributed by atoms with Gasteiger partial charge in [0.15, 0.2) is 5.82 Å². The number of aromatic nitrogens is 2. The Kier molecular flexibility index (Phi) is 6.30. The lowest BCUT2D eigenvalue weighted by Gasteiger charge is -2.39.